The molecule has 4 aromatic heterocycles. The number of hydrogen-bond donors (Lipinski definition) is 0. The molecule has 0 unspecified atom stereocenters. The Morgan fingerprint density at radius 2 is 1.43 bits per heavy atom. The normalized spacial score (nSPS) is 12.3. The van der Waals surface area contributed by atoms with Crippen molar-refractivity contribution in [2.24, 2.45) is 0 Å². The van der Waals surface area contributed by atoms with E-state index in [4.69, 9.17) is 29.3 Å². The van der Waals surface area contributed by atoms with E-state index in [1.807, 2.05) is 124 Å². The summed E-state index contributed by atoms with van der Waals surface area (Å²) in [6.07, 6.45) is 16.1. The van der Waals surface area contributed by atoms with Crippen LogP contribution in [0.5, 0.6) is 0 Å². The van der Waals surface area contributed by atoms with E-state index in [2.05, 4.69) is 98.3 Å². The number of oxazole rings is 1. The van der Waals surface area contributed by atoms with Crippen LogP contribution in [-0.2, 0) is 0 Å². The molecular weight excluding hydrogens is 816 g/mol. The first-order valence-electron chi connectivity index (χ1n) is 21.5. The molecule has 0 fully saturated rings. The zero-order valence-electron chi connectivity index (χ0n) is 36.7. The van der Waals surface area contributed by atoms with Gasteiger partial charge in [-0.3, -0.25) is 0 Å². The predicted octanol–water partition coefficient (Wildman–Crippen LogP) is 14.3. The topological polar surface area (TPSA) is 82.5 Å². The van der Waals surface area contributed by atoms with Crippen LogP contribution in [0.4, 0.5) is 0 Å². The predicted molar refractivity (Wildman–Crippen MR) is 276 cm³/mol. The first-order valence-corrected chi connectivity index (χ1v) is 22.3. The van der Waals surface area contributed by atoms with E-state index in [1.165, 1.54) is 0 Å². The van der Waals surface area contributed by atoms with Crippen LogP contribution >= 0.6 is 11.3 Å². The minimum atomic E-state index is 0.572. The third kappa shape index (κ3) is 8.74. The number of allylic oxidation sites excluding steroid dienone is 7. The van der Waals surface area contributed by atoms with E-state index in [0.717, 1.165) is 93.5 Å². The van der Waals surface area contributed by atoms with Gasteiger partial charge in [0.05, 0.1) is 10.2 Å². The van der Waals surface area contributed by atoms with E-state index in [0.29, 0.717) is 23.4 Å². The fourth-order valence-electron chi connectivity index (χ4n) is 7.90. The molecule has 314 valence electrons. The van der Waals surface area contributed by atoms with Crippen molar-refractivity contribution in [3.05, 3.63) is 199 Å². The summed E-state index contributed by atoms with van der Waals surface area (Å²) in [4.78, 5) is 24.8. The summed E-state index contributed by atoms with van der Waals surface area (Å²) in [6, 6.07) is 41.0. The molecular formula is C56H45BN6OS. The Bertz CT molecular complexity index is 3350. The summed E-state index contributed by atoms with van der Waals surface area (Å²) >= 11 is 1.67. The van der Waals surface area contributed by atoms with Crippen molar-refractivity contribution < 1.29 is 4.42 Å². The quantitative estimate of drug-likeness (QED) is 0.0848. The maximum atomic E-state index is 6.22. The second-order valence-electron chi connectivity index (χ2n) is 15.4. The van der Waals surface area contributed by atoms with Crippen LogP contribution in [0.25, 0.3) is 101 Å². The Kier molecular flexibility index (Phi) is 12.3. The Balaban J connectivity index is 1.06. The molecule has 0 amide bonds. The average molecular weight is 861 g/mol. The Hall–Kier alpha value is -7.88. The summed E-state index contributed by atoms with van der Waals surface area (Å²) in [7, 11) is 0. The standard InChI is InChI=1S/C56H45BN6OS/c1-7-10-25-45-37(5)63(44-27-28-50-47(35-44)58-55(64-50)40(18-8-2)30-31-57-6)49(9-3)46(45)32-36(4)41-23-17-24-43(33-41)56-59-48-34-42(26-29-51(48)65-56)54-61-52(38-19-13-11-14-20-38)60-53(62-54)39-21-15-12-16-22-39/h7-35H,1,3H2,2,4-6H3/b18-8-,25-10-,36-32+,40-30+. The van der Waals surface area contributed by atoms with Gasteiger partial charge in [0.25, 0.3) is 0 Å². The van der Waals surface area contributed by atoms with Crippen molar-refractivity contribution in [2.45, 2.75) is 27.6 Å². The van der Waals surface area contributed by atoms with Gasteiger partial charge < -0.3 is 0 Å². The van der Waals surface area contributed by atoms with Crippen molar-refractivity contribution in [3.63, 3.8) is 0 Å². The van der Waals surface area contributed by atoms with Gasteiger partial charge >= 0.3 is 160 Å². The molecule has 9 rings (SSSR count). The zero-order chi connectivity index (χ0) is 44.9. The van der Waals surface area contributed by atoms with E-state index >= 15 is 0 Å². The summed E-state index contributed by atoms with van der Waals surface area (Å²) < 4.78 is 9.54. The van der Waals surface area contributed by atoms with Crippen LogP contribution in [0.3, 0.4) is 0 Å². The van der Waals surface area contributed by atoms with Crippen LogP contribution in [-0.4, -0.2) is 42.4 Å². The SMILES string of the molecule is C=C/C=C\c1c(/C=C(\C)c2cccc(-c3nc4cc(-c5nc(-c6ccccc6)nc(-c6ccccc6)n5)ccc4s3)c2)c(C=C)n(-c2ccc3oc(C(/C=C\C)=C/C=BC)nc3c2)c1C. The summed E-state index contributed by atoms with van der Waals surface area (Å²) in [5.74, 6) is 4.41. The Morgan fingerprint density at radius 3 is 2.11 bits per heavy atom. The van der Waals surface area contributed by atoms with Gasteiger partial charge in [-0.2, -0.15) is 0 Å². The fourth-order valence-corrected chi connectivity index (χ4v) is 8.84. The van der Waals surface area contributed by atoms with Gasteiger partial charge in [-0.05, 0) is 42.3 Å². The Labute approximate surface area is 383 Å². The number of aromatic nitrogens is 6. The van der Waals surface area contributed by atoms with E-state index in [9.17, 15) is 0 Å². The molecule has 0 atom stereocenters. The second kappa shape index (κ2) is 18.8. The molecule has 7 nitrogen and oxygen atoms in total. The molecule has 4 heterocycles. The zero-order valence-corrected chi connectivity index (χ0v) is 37.6. The van der Waals surface area contributed by atoms with E-state index < -0.39 is 0 Å². The van der Waals surface area contributed by atoms with Gasteiger partial charge in [0, 0.05) is 22.3 Å². The molecule has 0 aliphatic rings. The number of thiazole rings is 1. The van der Waals surface area contributed by atoms with Gasteiger partial charge in [0.1, 0.15) is 5.01 Å². The summed E-state index contributed by atoms with van der Waals surface area (Å²) in [6.45, 7) is 18.5. The van der Waals surface area contributed by atoms with Gasteiger partial charge in [0.15, 0.2) is 17.5 Å². The van der Waals surface area contributed by atoms with Crippen LogP contribution in [0.1, 0.15) is 47.8 Å². The van der Waals surface area contributed by atoms with Crippen molar-refractivity contribution in [1.29, 1.82) is 0 Å². The van der Waals surface area contributed by atoms with Crippen molar-refractivity contribution >= 4 is 74.9 Å². The molecule has 0 aliphatic heterocycles. The molecule has 5 aromatic carbocycles. The first kappa shape index (κ1) is 42.4. The third-order valence-corrected chi connectivity index (χ3v) is 12.2. The molecule has 9 aromatic rings. The molecule has 0 N–H and O–H groups in total. The second-order valence-corrected chi connectivity index (χ2v) is 16.4. The molecule has 9 heteroatoms. The van der Waals surface area contributed by atoms with Crippen LogP contribution < -0.4 is 0 Å². The third-order valence-electron chi connectivity index (χ3n) is 11.1. The minimum absolute atomic E-state index is 0.572. The number of hydrogen-bond acceptors (Lipinski definition) is 7. The van der Waals surface area contributed by atoms with E-state index in [1.54, 1.807) is 17.4 Å². The molecule has 0 saturated carbocycles. The monoisotopic (exact) mass is 860 g/mol. The van der Waals surface area contributed by atoms with Gasteiger partial charge in [-0.25, -0.2) is 19.9 Å². The van der Waals surface area contributed by atoms with Gasteiger partial charge in [-0.1, -0.05) is 97.6 Å². The van der Waals surface area contributed by atoms with Crippen molar-refractivity contribution in [1.82, 2.24) is 29.5 Å². The van der Waals surface area contributed by atoms with Crippen molar-refractivity contribution in [2.75, 3.05) is 0 Å². The number of fused-ring (bicyclic) bond motifs is 2. The van der Waals surface area contributed by atoms with Gasteiger partial charge in [0.2, 0.25) is 0 Å². The summed E-state index contributed by atoms with van der Waals surface area (Å²) in [5.41, 5.74) is 14.4. The first-order chi connectivity index (χ1) is 31.8. The molecule has 0 bridgehead atoms. The molecule has 0 spiro atoms. The fraction of sp³-hybridized carbons (Fsp3) is 0.0714. The molecule has 0 aliphatic carbocycles. The number of nitrogens with zero attached hydrogens (tertiary/aromatic N) is 6. The number of rotatable bonds is 13. The van der Waals surface area contributed by atoms with Crippen LogP contribution in [0, 0.1) is 6.92 Å². The maximum absolute atomic E-state index is 6.22. The Morgan fingerprint density at radius 1 is 0.723 bits per heavy atom. The van der Waals surface area contributed by atoms with Crippen LogP contribution in [0.15, 0.2) is 169 Å². The number of benzene rings is 5. The van der Waals surface area contributed by atoms with Crippen molar-refractivity contribution in [3.8, 4) is 50.4 Å². The molecule has 65 heavy (non-hydrogen) atoms. The van der Waals surface area contributed by atoms with E-state index in [-0.39, 0.29) is 0 Å². The average Bonchev–Trinajstić information content (AvgIpc) is 4.05. The molecule has 0 saturated heterocycles. The van der Waals surface area contributed by atoms with Crippen LogP contribution in [0.2, 0.25) is 6.82 Å². The van der Waals surface area contributed by atoms with Gasteiger partial charge in [-0.15, -0.1) is 11.3 Å². The summed E-state index contributed by atoms with van der Waals surface area (Å²) in [5, 5.41) is 0.933. The molecule has 0 radical (unpaired) electrons.